The summed E-state index contributed by atoms with van der Waals surface area (Å²) in [5.41, 5.74) is -0.540. The largest absolute Gasteiger partial charge is 1.00 e. The number of carbonyl (C=O) groups excluding carboxylic acids is 7. The summed E-state index contributed by atoms with van der Waals surface area (Å²) < 4.78 is 0.581. The Morgan fingerprint density at radius 1 is 1.19 bits per heavy atom. The van der Waals surface area contributed by atoms with Crippen LogP contribution >= 0.6 is 34.9 Å². The van der Waals surface area contributed by atoms with E-state index < -0.39 is 58.4 Å². The van der Waals surface area contributed by atoms with Gasteiger partial charge in [0.25, 0.3) is 5.91 Å². The fourth-order valence-electron chi connectivity index (χ4n) is 5.08. The van der Waals surface area contributed by atoms with Crippen LogP contribution in [0.2, 0.25) is 0 Å². The molecule has 17 nitrogen and oxygen atoms in total. The number of carbonyl (C=O) groups is 7. The Kier molecular flexibility index (Phi) is 11.6. The van der Waals surface area contributed by atoms with Gasteiger partial charge in [0.2, 0.25) is 18.0 Å². The maximum Gasteiger partial charge on any atom is 1.00 e. The smallest absolute Gasteiger partial charge is 0.543 e. The van der Waals surface area contributed by atoms with Gasteiger partial charge in [-0.15, -0.1) is 22.0 Å². The quantitative estimate of drug-likeness (QED) is 0.0427. The molecule has 0 radical (unpaired) electrons. The van der Waals surface area contributed by atoms with E-state index in [1.54, 1.807) is 6.92 Å². The average Bonchev–Trinajstić information content (AvgIpc) is 3.57. The third-order valence-electron chi connectivity index (χ3n) is 7.35. The molecule has 3 aliphatic rings. The summed E-state index contributed by atoms with van der Waals surface area (Å²) in [4.78, 5) is 92.5. The Hall–Kier alpha value is -3.69. The predicted molar refractivity (Wildman–Crippen MR) is 159 cm³/mol. The molecule has 1 aromatic carbocycles. The summed E-state index contributed by atoms with van der Waals surface area (Å²) in [6, 6.07) is 2.42. The minimum atomic E-state index is -2.12. The molecule has 2 fully saturated rings. The first-order valence-electron chi connectivity index (χ1n) is 13.5. The van der Waals surface area contributed by atoms with Crippen LogP contribution in [0.5, 0.6) is 5.75 Å². The first kappa shape index (κ1) is 36.2. The van der Waals surface area contributed by atoms with Gasteiger partial charge in [0.05, 0.1) is 11.7 Å². The number of hydrogen-bond acceptors (Lipinski definition) is 14. The number of phenolic OH excluding ortho intramolecular Hbond substituents is 1. The van der Waals surface area contributed by atoms with Crippen molar-refractivity contribution < 1.29 is 73.3 Å². The van der Waals surface area contributed by atoms with E-state index in [0.29, 0.717) is 14.8 Å². The van der Waals surface area contributed by atoms with Gasteiger partial charge in [0, 0.05) is 31.1 Å². The minimum absolute atomic E-state index is 0. The van der Waals surface area contributed by atoms with Crippen LogP contribution in [0.1, 0.15) is 18.5 Å². The number of nitrogens with zero attached hydrogens (tertiary/aromatic N) is 5. The van der Waals surface area contributed by atoms with Crippen molar-refractivity contribution in [2.75, 3.05) is 31.1 Å². The van der Waals surface area contributed by atoms with Gasteiger partial charge in [-0.25, -0.2) is 4.79 Å². The zero-order valence-electron chi connectivity index (χ0n) is 24.8. The predicted octanol–water partition coefficient (Wildman–Crippen LogP) is -5.04. The molecule has 21 heteroatoms. The fraction of sp³-hybridized carbons (Fsp3) is 0.346. The molecule has 7 amide bonds. The van der Waals surface area contributed by atoms with Crippen molar-refractivity contribution in [1.29, 1.82) is 0 Å². The first-order chi connectivity index (χ1) is 22.0. The van der Waals surface area contributed by atoms with Gasteiger partial charge < -0.3 is 35.9 Å². The van der Waals surface area contributed by atoms with Crippen LogP contribution in [-0.4, -0.2) is 114 Å². The second kappa shape index (κ2) is 15.0. The summed E-state index contributed by atoms with van der Waals surface area (Å²) in [6.45, 7) is 1.87. The molecule has 1 unspecified atom stereocenters. The molecule has 4 heterocycles. The molecule has 47 heavy (non-hydrogen) atoms. The van der Waals surface area contributed by atoms with Gasteiger partial charge in [0.15, 0.2) is 4.34 Å². The average molecular weight is 713 g/mol. The second-order valence-corrected chi connectivity index (χ2v) is 13.1. The van der Waals surface area contributed by atoms with E-state index >= 15 is 0 Å². The number of phenols is 1. The Balaban J connectivity index is 0.00000500. The van der Waals surface area contributed by atoms with E-state index in [1.165, 1.54) is 57.8 Å². The summed E-state index contributed by atoms with van der Waals surface area (Å²) in [7, 11) is 0. The molecule has 5 rings (SSSR count). The van der Waals surface area contributed by atoms with E-state index in [4.69, 9.17) is 0 Å². The Morgan fingerprint density at radius 3 is 2.53 bits per heavy atom. The number of urea groups is 1. The molecule has 3 atom stereocenters. The number of hydrogen-bond donors (Lipinski definition) is 4. The van der Waals surface area contributed by atoms with Gasteiger partial charge in [-0.3, -0.25) is 33.8 Å². The molecule has 0 saturated carbocycles. The van der Waals surface area contributed by atoms with Crippen molar-refractivity contribution in [3.8, 4) is 5.75 Å². The topological polar surface area (TPSA) is 234 Å². The number of piperazine rings is 1. The van der Waals surface area contributed by atoms with Gasteiger partial charge in [-0.05, 0) is 30.2 Å². The minimum Gasteiger partial charge on any atom is -0.543 e. The molecule has 1 aromatic heterocycles. The molecule has 0 spiro atoms. The number of carboxylic acids is 1. The van der Waals surface area contributed by atoms with Crippen LogP contribution in [0.25, 0.3) is 0 Å². The third kappa shape index (κ3) is 6.97. The van der Waals surface area contributed by atoms with E-state index in [0.717, 1.165) is 16.7 Å². The molecule has 0 aliphatic carbocycles. The number of nitrogens with one attached hydrogen (secondary N) is 3. The van der Waals surface area contributed by atoms with Crippen LogP contribution < -0.4 is 50.6 Å². The van der Waals surface area contributed by atoms with Crippen LogP contribution in [-0.2, 0) is 28.8 Å². The van der Waals surface area contributed by atoms with E-state index in [2.05, 4.69) is 26.1 Å². The van der Waals surface area contributed by atoms with E-state index in [1.807, 2.05) is 0 Å². The molecular weight excluding hydrogens is 688 g/mol. The molecule has 2 aromatic rings. The van der Waals surface area contributed by atoms with Gasteiger partial charge >= 0.3 is 47.4 Å². The van der Waals surface area contributed by atoms with Crippen molar-refractivity contribution in [3.05, 3.63) is 46.6 Å². The maximum atomic E-state index is 13.8. The van der Waals surface area contributed by atoms with E-state index in [-0.39, 0.29) is 78.4 Å². The number of likely N-dealkylation sites (N-methyl/N-ethyl adjacent to an activating group) is 1. The molecule has 3 aliphatic heterocycles. The number of carboxylic acid groups (broad SMARTS) is 1. The summed E-state index contributed by atoms with van der Waals surface area (Å²) in [5.74, 6) is -5.52. The standard InChI is InChI=1S/C26H26N8O9S3.Na/c1-2-32-7-8-33(20(39)19(32)38)24(43)29-16(13-3-5-15(36)6-4-13)18(37)30-26(27-11-35)22(42)34-17(21(40)41)14(9-44-23(26)34)10-45-25-31-28-12-46-25;/h3-6,11-12,16,23,36H,2,7-10H2,1H3,(H,27,35)(H,29,43)(H,30,37)(H,40,41);/q;+1/p-1/t16?,23-,26+;/m0./s1. The number of imide groups is 1. The van der Waals surface area contributed by atoms with Crippen molar-refractivity contribution in [3.63, 3.8) is 0 Å². The van der Waals surface area contributed by atoms with Gasteiger partial charge in [-0.1, -0.05) is 35.2 Å². The Labute approximate surface area is 301 Å². The SMILES string of the molecule is CCN1CCN(C(=O)NC(C(=O)N[C@]2(NC=O)C(=O)N3C(C(=O)[O-])=C(CSc4nncs4)CS[C@H]32)c2ccc(O)cc2)C(=O)C1=O.[Na+]. The molecular formula is C26H25N8NaO9S3. The number of thioether (sulfide) groups is 2. The fourth-order valence-corrected chi connectivity index (χ4v) is 8.13. The number of amides is 7. The van der Waals surface area contributed by atoms with Crippen LogP contribution in [0.4, 0.5) is 4.79 Å². The molecule has 2 saturated heterocycles. The maximum absolute atomic E-state index is 13.8. The van der Waals surface area contributed by atoms with E-state index in [9.17, 15) is 43.8 Å². The number of aliphatic carboxylic acids is 1. The third-order valence-corrected chi connectivity index (χ3v) is 10.7. The van der Waals surface area contributed by atoms with Crippen molar-refractivity contribution in [2.24, 2.45) is 0 Å². The van der Waals surface area contributed by atoms with Crippen LogP contribution in [0.3, 0.4) is 0 Å². The Bertz CT molecular complexity index is 1630. The zero-order valence-corrected chi connectivity index (χ0v) is 29.3. The van der Waals surface area contributed by atoms with Crippen LogP contribution in [0, 0.1) is 0 Å². The van der Waals surface area contributed by atoms with Gasteiger partial charge in [0.1, 0.15) is 22.7 Å². The number of rotatable bonds is 11. The monoisotopic (exact) mass is 712 g/mol. The first-order valence-corrected chi connectivity index (χ1v) is 16.4. The Morgan fingerprint density at radius 2 is 1.91 bits per heavy atom. The number of β-lactam (4-membered cyclic amide) rings is 1. The molecule has 242 valence electrons. The number of benzene rings is 1. The van der Waals surface area contributed by atoms with Crippen molar-refractivity contribution >= 4 is 76.9 Å². The number of aromatic hydroxyl groups is 1. The summed E-state index contributed by atoms with van der Waals surface area (Å²) >= 11 is 3.55. The van der Waals surface area contributed by atoms with Gasteiger partial charge in [-0.2, -0.15) is 0 Å². The summed E-state index contributed by atoms with van der Waals surface area (Å²) in [6.07, 6.45) is 0.172. The second-order valence-electron chi connectivity index (χ2n) is 9.95. The zero-order chi connectivity index (χ0) is 33.2. The van der Waals surface area contributed by atoms with Crippen molar-refractivity contribution in [1.82, 2.24) is 40.8 Å². The molecule has 4 N–H and O–H groups in total. The van der Waals surface area contributed by atoms with Crippen LogP contribution in [0.15, 0.2) is 45.4 Å². The number of aromatic nitrogens is 2. The normalized spacial score (nSPS) is 21.3. The summed E-state index contributed by atoms with van der Waals surface area (Å²) in [5, 5.41) is 35.7. The number of fused-ring (bicyclic) bond motifs is 1. The molecule has 0 bridgehead atoms. The van der Waals surface area contributed by atoms with Crippen molar-refractivity contribution in [2.45, 2.75) is 28.3 Å².